The standard InChI is InChI=1S/C45H33OSi/c1-32-16-11-12-23-38(32)43-41(26-15-27-42(43)47(36-19-7-3-8-20-36)37-21-9-4-10-22-37)45-40-25-14-13-24-39(40)44(46-45)35-30-28-34(29-31-35)33-17-5-2-6-18-33/h2-31H,1H3. The molecule has 0 amide bonds. The van der Waals surface area contributed by atoms with Crippen LogP contribution in [0.25, 0.3) is 55.7 Å². The van der Waals surface area contributed by atoms with E-state index < -0.39 is 8.80 Å². The molecule has 1 aromatic heterocycles. The highest BCUT2D eigenvalue weighted by Crippen LogP contribution is 2.43. The largest absolute Gasteiger partial charge is 0.455 e. The maximum Gasteiger partial charge on any atom is 0.155 e. The van der Waals surface area contributed by atoms with E-state index in [1.807, 2.05) is 0 Å². The van der Waals surface area contributed by atoms with Gasteiger partial charge >= 0.3 is 0 Å². The van der Waals surface area contributed by atoms with Gasteiger partial charge in [-0.05, 0) is 39.9 Å². The Labute approximate surface area is 278 Å². The van der Waals surface area contributed by atoms with Crippen molar-refractivity contribution in [3.8, 4) is 44.9 Å². The zero-order valence-electron chi connectivity index (χ0n) is 26.2. The lowest BCUT2D eigenvalue weighted by Gasteiger charge is -2.23. The molecule has 1 nitrogen and oxygen atoms in total. The summed E-state index contributed by atoms with van der Waals surface area (Å²) in [6.45, 7) is 2.22. The maximum atomic E-state index is 7.04. The van der Waals surface area contributed by atoms with Crippen molar-refractivity contribution in [1.82, 2.24) is 0 Å². The minimum absolute atomic E-state index is 0.896. The van der Waals surface area contributed by atoms with Crippen molar-refractivity contribution in [3.63, 3.8) is 0 Å². The van der Waals surface area contributed by atoms with E-state index in [9.17, 15) is 0 Å². The van der Waals surface area contributed by atoms with Gasteiger partial charge in [0.2, 0.25) is 0 Å². The Kier molecular flexibility index (Phi) is 7.70. The van der Waals surface area contributed by atoms with Gasteiger partial charge in [0.1, 0.15) is 11.5 Å². The van der Waals surface area contributed by atoms with Crippen molar-refractivity contribution in [2.24, 2.45) is 0 Å². The summed E-state index contributed by atoms with van der Waals surface area (Å²) in [7, 11) is -1.37. The van der Waals surface area contributed by atoms with E-state index in [1.165, 1.54) is 43.4 Å². The first kappa shape index (κ1) is 28.7. The van der Waals surface area contributed by atoms with Crippen molar-refractivity contribution < 1.29 is 4.42 Å². The monoisotopic (exact) mass is 617 g/mol. The van der Waals surface area contributed by atoms with E-state index in [-0.39, 0.29) is 0 Å². The van der Waals surface area contributed by atoms with E-state index in [4.69, 9.17) is 4.42 Å². The Morgan fingerprint density at radius 3 is 1.51 bits per heavy atom. The minimum Gasteiger partial charge on any atom is -0.455 e. The van der Waals surface area contributed by atoms with Crippen LogP contribution < -0.4 is 15.6 Å². The highest BCUT2D eigenvalue weighted by Gasteiger charge is 2.27. The fourth-order valence-electron chi connectivity index (χ4n) is 6.73. The highest BCUT2D eigenvalue weighted by atomic mass is 28.3. The van der Waals surface area contributed by atoms with Crippen LogP contribution in [0.3, 0.4) is 0 Å². The van der Waals surface area contributed by atoms with Crippen LogP contribution in [0.4, 0.5) is 0 Å². The van der Waals surface area contributed by atoms with Gasteiger partial charge in [0.05, 0.1) is 0 Å². The molecule has 1 heterocycles. The average Bonchev–Trinajstić information content (AvgIpc) is 3.53. The predicted octanol–water partition coefficient (Wildman–Crippen LogP) is 9.93. The Morgan fingerprint density at radius 1 is 0.383 bits per heavy atom. The highest BCUT2D eigenvalue weighted by molar-refractivity contribution is 6.96. The number of aryl methyl sites for hydroxylation is 1. The van der Waals surface area contributed by atoms with Crippen LogP contribution in [0.1, 0.15) is 5.56 Å². The molecule has 0 saturated heterocycles. The lowest BCUT2D eigenvalue weighted by molar-refractivity contribution is 0.602. The zero-order chi connectivity index (χ0) is 31.6. The summed E-state index contributed by atoms with van der Waals surface area (Å²) in [5.41, 5.74) is 8.32. The third-order valence-electron chi connectivity index (χ3n) is 8.99. The number of fused-ring (bicyclic) bond motifs is 1. The van der Waals surface area contributed by atoms with Crippen LogP contribution in [0, 0.1) is 6.92 Å². The van der Waals surface area contributed by atoms with Crippen LogP contribution >= 0.6 is 0 Å². The second-order valence-electron chi connectivity index (χ2n) is 11.9. The van der Waals surface area contributed by atoms with E-state index in [0.717, 1.165) is 33.4 Å². The first-order chi connectivity index (χ1) is 23.3. The third kappa shape index (κ3) is 5.43. The molecular weight excluding hydrogens is 585 g/mol. The molecule has 0 saturated carbocycles. The number of hydrogen-bond donors (Lipinski definition) is 0. The molecule has 0 fully saturated rings. The Morgan fingerprint density at radius 2 is 0.872 bits per heavy atom. The van der Waals surface area contributed by atoms with Crippen molar-refractivity contribution in [3.05, 3.63) is 188 Å². The molecule has 0 bridgehead atoms. The lowest BCUT2D eigenvalue weighted by atomic mass is 9.93. The average molecular weight is 618 g/mol. The Hall–Kier alpha value is -5.70. The minimum atomic E-state index is -1.37. The summed E-state index contributed by atoms with van der Waals surface area (Å²) < 4.78 is 7.04. The molecule has 47 heavy (non-hydrogen) atoms. The molecule has 0 unspecified atom stereocenters. The first-order valence-electron chi connectivity index (χ1n) is 16.1. The van der Waals surface area contributed by atoms with E-state index >= 15 is 0 Å². The topological polar surface area (TPSA) is 13.1 Å². The second-order valence-corrected chi connectivity index (χ2v) is 14.3. The normalized spacial score (nSPS) is 11.3. The molecule has 0 spiro atoms. The SMILES string of the molecule is Cc1ccccc1-c1c(-c2oc(-c3ccc(-c4ccccc4)cc3)c3ccccc23)cccc1[Si](c1ccccc1)c1ccccc1. The van der Waals surface area contributed by atoms with Crippen LogP contribution in [0.2, 0.25) is 0 Å². The van der Waals surface area contributed by atoms with E-state index in [0.29, 0.717) is 0 Å². The molecule has 0 aliphatic heterocycles. The molecule has 0 atom stereocenters. The van der Waals surface area contributed by atoms with Crippen LogP contribution in [0.15, 0.2) is 186 Å². The van der Waals surface area contributed by atoms with E-state index in [2.05, 4.69) is 189 Å². The Balaban J connectivity index is 1.37. The quantitative estimate of drug-likeness (QED) is 0.128. The summed E-state index contributed by atoms with van der Waals surface area (Å²) in [5, 5.41) is 6.31. The molecule has 2 heteroatoms. The smallest absolute Gasteiger partial charge is 0.155 e. The molecule has 7 aromatic carbocycles. The molecule has 0 N–H and O–H groups in total. The van der Waals surface area contributed by atoms with Gasteiger partial charge in [-0.1, -0.05) is 192 Å². The first-order valence-corrected chi connectivity index (χ1v) is 17.6. The van der Waals surface area contributed by atoms with Crippen LogP contribution in [-0.2, 0) is 0 Å². The van der Waals surface area contributed by atoms with Gasteiger partial charge in [-0.3, -0.25) is 0 Å². The predicted molar refractivity (Wildman–Crippen MR) is 200 cm³/mol. The second kappa shape index (κ2) is 12.6. The summed E-state index contributed by atoms with van der Waals surface area (Å²) in [4.78, 5) is 0. The Bertz CT molecular complexity index is 2250. The van der Waals surface area contributed by atoms with Gasteiger partial charge in [-0.15, -0.1) is 0 Å². The number of benzene rings is 7. The summed E-state index contributed by atoms with van der Waals surface area (Å²) >= 11 is 0. The fraction of sp³-hybridized carbons (Fsp3) is 0.0222. The molecule has 8 aromatic rings. The van der Waals surface area contributed by atoms with Gasteiger partial charge in [0, 0.05) is 21.9 Å². The summed E-state index contributed by atoms with van der Waals surface area (Å²) in [6, 6.07) is 65.4. The molecule has 1 radical (unpaired) electrons. The third-order valence-corrected chi connectivity index (χ3v) is 11.8. The van der Waals surface area contributed by atoms with Gasteiger partial charge < -0.3 is 4.42 Å². The summed E-state index contributed by atoms with van der Waals surface area (Å²) in [6.07, 6.45) is 0. The molecule has 8 rings (SSSR count). The molecule has 223 valence electrons. The van der Waals surface area contributed by atoms with Gasteiger partial charge in [0.25, 0.3) is 0 Å². The van der Waals surface area contributed by atoms with Gasteiger partial charge in [-0.2, -0.15) is 0 Å². The van der Waals surface area contributed by atoms with Crippen molar-refractivity contribution >= 4 is 35.1 Å². The zero-order valence-corrected chi connectivity index (χ0v) is 27.2. The van der Waals surface area contributed by atoms with Crippen molar-refractivity contribution in [2.45, 2.75) is 6.92 Å². The van der Waals surface area contributed by atoms with Crippen molar-refractivity contribution in [2.75, 3.05) is 0 Å². The summed E-state index contributed by atoms with van der Waals surface area (Å²) in [5.74, 6) is 1.80. The lowest BCUT2D eigenvalue weighted by Crippen LogP contribution is -2.52. The van der Waals surface area contributed by atoms with Crippen LogP contribution in [-0.4, -0.2) is 8.80 Å². The fourth-order valence-corrected chi connectivity index (χ4v) is 9.52. The van der Waals surface area contributed by atoms with Gasteiger partial charge in [0.15, 0.2) is 8.80 Å². The number of hydrogen-bond acceptors (Lipinski definition) is 1. The number of rotatable bonds is 7. The molecular formula is C45H33OSi. The van der Waals surface area contributed by atoms with Gasteiger partial charge in [-0.25, -0.2) is 0 Å². The molecule has 0 aliphatic carbocycles. The van der Waals surface area contributed by atoms with E-state index in [1.54, 1.807) is 0 Å². The molecule has 0 aliphatic rings. The van der Waals surface area contributed by atoms with Crippen LogP contribution in [0.5, 0.6) is 0 Å². The van der Waals surface area contributed by atoms with Crippen molar-refractivity contribution in [1.29, 1.82) is 0 Å². The number of furan rings is 1. The maximum absolute atomic E-state index is 7.04.